The molecule has 0 unspecified atom stereocenters. The van der Waals surface area contributed by atoms with Crippen LogP contribution in [-0.4, -0.2) is 61.7 Å². The van der Waals surface area contributed by atoms with Gasteiger partial charge in [-0.2, -0.15) is 0 Å². The lowest BCUT2D eigenvalue weighted by Gasteiger charge is -2.37. The lowest BCUT2D eigenvalue weighted by molar-refractivity contribution is 0.242. The number of anilines is 1. The van der Waals surface area contributed by atoms with Crippen LogP contribution in [0.2, 0.25) is 0 Å². The summed E-state index contributed by atoms with van der Waals surface area (Å²) < 4.78 is 5.70. The van der Waals surface area contributed by atoms with E-state index in [0.29, 0.717) is 0 Å². The summed E-state index contributed by atoms with van der Waals surface area (Å²) in [5.41, 5.74) is 1.29. The molecule has 0 spiro atoms. The van der Waals surface area contributed by atoms with Crippen molar-refractivity contribution in [2.24, 2.45) is 4.99 Å². The molecule has 1 N–H and O–H groups in total. The Balaban J connectivity index is 1.44. The topological polar surface area (TPSA) is 53.0 Å². The highest BCUT2D eigenvalue weighted by atomic mass is 16.5. The molecule has 1 aliphatic heterocycles. The summed E-state index contributed by atoms with van der Waals surface area (Å²) in [5, 5.41) is 3.50. The average molecular weight is 382 g/mol. The molecule has 1 aromatic carbocycles. The van der Waals surface area contributed by atoms with E-state index in [1.165, 1.54) is 5.56 Å². The fourth-order valence-corrected chi connectivity index (χ4v) is 3.35. The van der Waals surface area contributed by atoms with E-state index in [0.717, 1.165) is 56.7 Å². The quantitative estimate of drug-likeness (QED) is 0.616. The van der Waals surface area contributed by atoms with Crippen molar-refractivity contribution in [3.63, 3.8) is 0 Å². The molecule has 1 fully saturated rings. The van der Waals surface area contributed by atoms with Crippen LogP contribution in [0.4, 0.5) is 5.82 Å². The Morgan fingerprint density at radius 2 is 1.86 bits per heavy atom. The highest BCUT2D eigenvalue weighted by Gasteiger charge is 2.20. The number of ether oxygens (including phenoxy) is 1. The minimum atomic E-state index is 0.203. The lowest BCUT2D eigenvalue weighted by atomic mass is 10.1. The van der Waals surface area contributed by atoms with Crippen molar-refractivity contribution in [1.29, 1.82) is 0 Å². The van der Waals surface area contributed by atoms with Gasteiger partial charge in [0, 0.05) is 46.0 Å². The van der Waals surface area contributed by atoms with E-state index >= 15 is 0 Å². The van der Waals surface area contributed by atoms with E-state index in [4.69, 9.17) is 4.74 Å². The zero-order chi connectivity index (χ0) is 19.8. The van der Waals surface area contributed by atoms with E-state index in [1.54, 1.807) is 0 Å². The largest absolute Gasteiger partial charge is 0.491 e. The number of guanidine groups is 1. The Bertz CT molecular complexity index is 737. The predicted octanol–water partition coefficient (Wildman–Crippen LogP) is 2.81. The standard InChI is InChI=1S/C22H31N5O/c1-18(2)28-20-9-7-19(8-10-20)11-13-25-22(23-3)27-16-14-26(15-17-27)21-6-4-5-12-24-21/h4-10,12,18H,11,13-17H2,1-3H3,(H,23,25). The molecule has 150 valence electrons. The van der Waals surface area contributed by atoms with Crippen molar-refractivity contribution < 1.29 is 4.74 Å². The van der Waals surface area contributed by atoms with Crippen LogP contribution in [0.5, 0.6) is 5.75 Å². The summed E-state index contributed by atoms with van der Waals surface area (Å²) in [6.45, 7) is 8.73. The number of benzene rings is 1. The van der Waals surface area contributed by atoms with E-state index in [2.05, 4.69) is 43.3 Å². The Hall–Kier alpha value is -2.76. The Kier molecular flexibility index (Phi) is 7.12. The van der Waals surface area contributed by atoms with E-state index in [1.807, 2.05) is 51.4 Å². The van der Waals surface area contributed by atoms with Gasteiger partial charge in [0.25, 0.3) is 0 Å². The van der Waals surface area contributed by atoms with Gasteiger partial charge in [-0.25, -0.2) is 4.98 Å². The van der Waals surface area contributed by atoms with Gasteiger partial charge in [-0.05, 0) is 50.1 Å². The molecule has 1 saturated heterocycles. The summed E-state index contributed by atoms with van der Waals surface area (Å²) in [4.78, 5) is 13.6. The second-order valence-corrected chi connectivity index (χ2v) is 7.20. The normalized spacial score (nSPS) is 15.1. The summed E-state index contributed by atoms with van der Waals surface area (Å²) >= 11 is 0. The van der Waals surface area contributed by atoms with Crippen molar-refractivity contribution in [3.05, 3.63) is 54.2 Å². The van der Waals surface area contributed by atoms with Crippen LogP contribution >= 0.6 is 0 Å². The van der Waals surface area contributed by atoms with E-state index in [9.17, 15) is 0 Å². The van der Waals surface area contributed by atoms with Crippen molar-refractivity contribution in [2.75, 3.05) is 44.7 Å². The van der Waals surface area contributed by atoms with Gasteiger partial charge in [0.05, 0.1) is 6.10 Å². The molecule has 0 aliphatic carbocycles. The fraction of sp³-hybridized carbons (Fsp3) is 0.455. The maximum atomic E-state index is 5.70. The maximum Gasteiger partial charge on any atom is 0.193 e. The molecule has 0 atom stereocenters. The molecule has 0 amide bonds. The molecular formula is C22H31N5O. The molecule has 0 bridgehead atoms. The second-order valence-electron chi connectivity index (χ2n) is 7.20. The van der Waals surface area contributed by atoms with Crippen LogP contribution < -0.4 is 15.0 Å². The molecule has 2 aromatic rings. The molecule has 6 nitrogen and oxygen atoms in total. The minimum Gasteiger partial charge on any atom is -0.491 e. The van der Waals surface area contributed by atoms with Gasteiger partial charge in [0.15, 0.2) is 5.96 Å². The number of aromatic nitrogens is 1. The maximum absolute atomic E-state index is 5.70. The van der Waals surface area contributed by atoms with Crippen LogP contribution in [0.15, 0.2) is 53.7 Å². The Morgan fingerprint density at radius 1 is 1.11 bits per heavy atom. The molecular weight excluding hydrogens is 350 g/mol. The fourth-order valence-electron chi connectivity index (χ4n) is 3.35. The molecule has 6 heteroatoms. The first kappa shape index (κ1) is 20.0. The summed E-state index contributed by atoms with van der Waals surface area (Å²) in [7, 11) is 1.85. The number of piperazine rings is 1. The van der Waals surface area contributed by atoms with Crippen molar-refractivity contribution in [1.82, 2.24) is 15.2 Å². The number of pyridine rings is 1. The number of aliphatic imine (C=N–C) groups is 1. The van der Waals surface area contributed by atoms with Gasteiger partial charge < -0.3 is 19.9 Å². The smallest absolute Gasteiger partial charge is 0.193 e. The third-order valence-corrected chi connectivity index (χ3v) is 4.76. The SMILES string of the molecule is CN=C(NCCc1ccc(OC(C)C)cc1)N1CCN(c2ccccn2)CC1. The third-order valence-electron chi connectivity index (χ3n) is 4.76. The first-order valence-corrected chi connectivity index (χ1v) is 10.0. The lowest BCUT2D eigenvalue weighted by Crippen LogP contribution is -2.53. The van der Waals surface area contributed by atoms with Crippen LogP contribution in [0.25, 0.3) is 0 Å². The summed E-state index contributed by atoms with van der Waals surface area (Å²) in [6, 6.07) is 14.4. The van der Waals surface area contributed by atoms with Crippen molar-refractivity contribution in [3.8, 4) is 5.75 Å². The van der Waals surface area contributed by atoms with Crippen molar-refractivity contribution >= 4 is 11.8 Å². The molecule has 2 heterocycles. The average Bonchev–Trinajstić information content (AvgIpc) is 2.73. The van der Waals surface area contributed by atoms with Gasteiger partial charge in [-0.3, -0.25) is 4.99 Å². The molecule has 28 heavy (non-hydrogen) atoms. The molecule has 0 saturated carbocycles. The van der Waals surface area contributed by atoms with Crippen LogP contribution in [0.1, 0.15) is 19.4 Å². The van der Waals surface area contributed by atoms with Crippen molar-refractivity contribution in [2.45, 2.75) is 26.4 Å². The zero-order valence-electron chi connectivity index (χ0n) is 17.1. The van der Waals surface area contributed by atoms with Gasteiger partial charge in [-0.1, -0.05) is 18.2 Å². The summed E-state index contributed by atoms with van der Waals surface area (Å²) in [6.07, 6.45) is 3.01. The number of nitrogens with zero attached hydrogens (tertiary/aromatic N) is 4. The van der Waals surface area contributed by atoms with Crippen LogP contribution in [0.3, 0.4) is 0 Å². The van der Waals surface area contributed by atoms with Crippen LogP contribution in [-0.2, 0) is 6.42 Å². The molecule has 3 rings (SSSR count). The van der Waals surface area contributed by atoms with Gasteiger partial charge >= 0.3 is 0 Å². The monoisotopic (exact) mass is 381 g/mol. The zero-order valence-corrected chi connectivity index (χ0v) is 17.1. The first-order chi connectivity index (χ1) is 13.7. The Labute approximate surface area is 168 Å². The van der Waals surface area contributed by atoms with Gasteiger partial charge in [-0.15, -0.1) is 0 Å². The summed E-state index contributed by atoms with van der Waals surface area (Å²) in [5.74, 6) is 2.95. The molecule has 0 radical (unpaired) electrons. The van der Waals surface area contributed by atoms with Gasteiger partial charge in [0.2, 0.25) is 0 Å². The highest BCUT2D eigenvalue weighted by Crippen LogP contribution is 2.14. The number of hydrogen-bond acceptors (Lipinski definition) is 4. The number of nitrogens with one attached hydrogen (secondary N) is 1. The van der Waals surface area contributed by atoms with E-state index < -0.39 is 0 Å². The number of rotatable bonds is 6. The van der Waals surface area contributed by atoms with E-state index in [-0.39, 0.29) is 6.10 Å². The van der Waals surface area contributed by atoms with Gasteiger partial charge in [0.1, 0.15) is 11.6 Å². The first-order valence-electron chi connectivity index (χ1n) is 10.0. The van der Waals surface area contributed by atoms with Crippen LogP contribution in [0, 0.1) is 0 Å². The Morgan fingerprint density at radius 3 is 2.46 bits per heavy atom. The highest BCUT2D eigenvalue weighted by molar-refractivity contribution is 5.80. The second kappa shape index (κ2) is 9.97. The molecule has 1 aromatic heterocycles. The molecule has 1 aliphatic rings. The number of hydrogen-bond donors (Lipinski definition) is 1. The predicted molar refractivity (Wildman–Crippen MR) is 115 cm³/mol. The minimum absolute atomic E-state index is 0.203. The third kappa shape index (κ3) is 5.62.